The summed E-state index contributed by atoms with van der Waals surface area (Å²) in [5, 5.41) is 4.12. The Labute approximate surface area is 137 Å². The lowest BCUT2D eigenvalue weighted by Gasteiger charge is -2.23. The normalized spacial score (nSPS) is 19.3. The lowest BCUT2D eigenvalue weighted by molar-refractivity contribution is 0.343. The highest BCUT2D eigenvalue weighted by Gasteiger charge is 2.38. The molecule has 3 rings (SSSR count). The highest BCUT2D eigenvalue weighted by atomic mass is 32.2. The summed E-state index contributed by atoms with van der Waals surface area (Å²) in [5.41, 5.74) is 1.49. The Morgan fingerprint density at radius 1 is 1.35 bits per heavy atom. The average Bonchev–Trinajstić information content (AvgIpc) is 3.16. The number of aromatic nitrogens is 1. The van der Waals surface area contributed by atoms with Crippen molar-refractivity contribution in [2.75, 3.05) is 6.54 Å². The van der Waals surface area contributed by atoms with Crippen LogP contribution in [0.25, 0.3) is 0 Å². The number of aryl methyl sites for hydroxylation is 2. The predicted octanol–water partition coefficient (Wildman–Crippen LogP) is 3.46. The standard InChI is InChI=1S/C17H22N2O3S/c1-3-7-14-12-15(18-22-14)16-9-6-11-19(16)23(20,21)17-10-5-4-8-13(17)2/h4-5,8,10,12,16H,3,6-7,9,11H2,1-2H3. The van der Waals surface area contributed by atoms with Crippen LogP contribution < -0.4 is 0 Å². The molecule has 1 unspecified atom stereocenters. The smallest absolute Gasteiger partial charge is 0.243 e. The van der Waals surface area contributed by atoms with Crippen molar-refractivity contribution >= 4 is 10.0 Å². The summed E-state index contributed by atoms with van der Waals surface area (Å²) in [6.07, 6.45) is 3.42. The van der Waals surface area contributed by atoms with Gasteiger partial charge in [0.25, 0.3) is 0 Å². The quantitative estimate of drug-likeness (QED) is 0.840. The zero-order valence-corrected chi connectivity index (χ0v) is 14.3. The van der Waals surface area contributed by atoms with E-state index < -0.39 is 10.0 Å². The van der Waals surface area contributed by atoms with E-state index in [1.54, 1.807) is 16.4 Å². The Hall–Kier alpha value is -1.66. The van der Waals surface area contributed by atoms with Crippen molar-refractivity contribution in [1.82, 2.24) is 9.46 Å². The van der Waals surface area contributed by atoms with Gasteiger partial charge in [0, 0.05) is 19.0 Å². The molecule has 0 amide bonds. The molecule has 0 radical (unpaired) electrons. The molecule has 0 spiro atoms. The second kappa shape index (κ2) is 6.45. The molecular weight excluding hydrogens is 312 g/mol. The number of sulfonamides is 1. The van der Waals surface area contributed by atoms with Gasteiger partial charge < -0.3 is 4.52 Å². The van der Waals surface area contributed by atoms with Crippen molar-refractivity contribution in [1.29, 1.82) is 0 Å². The molecule has 0 bridgehead atoms. The van der Waals surface area contributed by atoms with Gasteiger partial charge in [0.15, 0.2) is 0 Å². The van der Waals surface area contributed by atoms with Crippen LogP contribution in [-0.2, 0) is 16.4 Å². The van der Waals surface area contributed by atoms with E-state index in [0.29, 0.717) is 11.4 Å². The van der Waals surface area contributed by atoms with Crippen LogP contribution in [0.1, 0.15) is 49.2 Å². The van der Waals surface area contributed by atoms with Crippen molar-refractivity contribution < 1.29 is 12.9 Å². The van der Waals surface area contributed by atoms with Crippen molar-refractivity contribution in [2.24, 2.45) is 0 Å². The molecule has 0 N–H and O–H groups in total. The first-order valence-corrected chi connectivity index (χ1v) is 9.51. The SMILES string of the molecule is CCCc1cc(C2CCCN2S(=O)(=O)c2ccccc2C)no1. The maximum Gasteiger partial charge on any atom is 0.243 e. The molecule has 1 aliphatic heterocycles. The van der Waals surface area contributed by atoms with Gasteiger partial charge >= 0.3 is 0 Å². The summed E-state index contributed by atoms with van der Waals surface area (Å²) in [5.74, 6) is 0.822. The summed E-state index contributed by atoms with van der Waals surface area (Å²) in [6, 6.07) is 8.79. The fourth-order valence-electron chi connectivity index (χ4n) is 3.15. The Bertz CT molecular complexity index is 783. The Kier molecular flexibility index (Phi) is 4.55. The maximum atomic E-state index is 13.0. The molecule has 5 nitrogen and oxygen atoms in total. The lowest BCUT2D eigenvalue weighted by atomic mass is 10.1. The second-order valence-corrected chi connectivity index (χ2v) is 7.87. The van der Waals surface area contributed by atoms with E-state index in [9.17, 15) is 8.42 Å². The van der Waals surface area contributed by atoms with Gasteiger partial charge in [0.1, 0.15) is 11.5 Å². The van der Waals surface area contributed by atoms with Crippen LogP contribution >= 0.6 is 0 Å². The molecule has 0 saturated carbocycles. The topological polar surface area (TPSA) is 63.4 Å². The van der Waals surface area contributed by atoms with Gasteiger partial charge in [0.05, 0.1) is 10.9 Å². The summed E-state index contributed by atoms with van der Waals surface area (Å²) < 4.78 is 33.0. The highest BCUT2D eigenvalue weighted by molar-refractivity contribution is 7.89. The minimum absolute atomic E-state index is 0.228. The van der Waals surface area contributed by atoms with Crippen molar-refractivity contribution in [3.8, 4) is 0 Å². The molecule has 1 aliphatic rings. The largest absolute Gasteiger partial charge is 0.361 e. The predicted molar refractivity (Wildman–Crippen MR) is 87.5 cm³/mol. The van der Waals surface area contributed by atoms with Gasteiger partial charge in [0.2, 0.25) is 10.0 Å². The minimum Gasteiger partial charge on any atom is -0.361 e. The maximum absolute atomic E-state index is 13.0. The Balaban J connectivity index is 1.93. The fourth-order valence-corrected chi connectivity index (χ4v) is 5.04. The van der Waals surface area contributed by atoms with Crippen LogP contribution in [0, 0.1) is 6.92 Å². The van der Waals surface area contributed by atoms with Gasteiger partial charge in [-0.05, 0) is 37.8 Å². The lowest BCUT2D eigenvalue weighted by Crippen LogP contribution is -2.31. The van der Waals surface area contributed by atoms with E-state index in [1.807, 2.05) is 25.1 Å². The number of rotatable bonds is 5. The van der Waals surface area contributed by atoms with Crippen molar-refractivity contribution in [3.05, 3.63) is 47.3 Å². The van der Waals surface area contributed by atoms with Gasteiger partial charge in [-0.2, -0.15) is 4.31 Å². The van der Waals surface area contributed by atoms with Crippen LogP contribution in [0.2, 0.25) is 0 Å². The molecule has 1 atom stereocenters. The second-order valence-electron chi connectivity index (χ2n) is 6.01. The van der Waals surface area contributed by atoms with Crippen LogP contribution in [0.5, 0.6) is 0 Å². The third-order valence-corrected chi connectivity index (χ3v) is 6.37. The molecule has 2 heterocycles. The van der Waals surface area contributed by atoms with E-state index in [1.165, 1.54) is 0 Å². The molecule has 6 heteroatoms. The highest BCUT2D eigenvalue weighted by Crippen LogP contribution is 2.36. The summed E-state index contributed by atoms with van der Waals surface area (Å²) in [7, 11) is -3.52. The molecule has 1 saturated heterocycles. The molecule has 23 heavy (non-hydrogen) atoms. The molecule has 1 aromatic carbocycles. The van der Waals surface area contributed by atoms with E-state index in [4.69, 9.17) is 4.52 Å². The summed E-state index contributed by atoms with van der Waals surface area (Å²) in [6.45, 7) is 4.43. The third-order valence-electron chi connectivity index (χ3n) is 4.30. The average molecular weight is 334 g/mol. The zero-order valence-electron chi connectivity index (χ0n) is 13.5. The molecule has 0 aliphatic carbocycles. The monoisotopic (exact) mass is 334 g/mol. The summed E-state index contributed by atoms with van der Waals surface area (Å²) >= 11 is 0. The molecular formula is C17H22N2O3S. The Morgan fingerprint density at radius 2 is 2.13 bits per heavy atom. The molecule has 124 valence electrons. The molecule has 2 aromatic rings. The van der Waals surface area contributed by atoms with Gasteiger partial charge in [-0.25, -0.2) is 8.42 Å². The number of benzene rings is 1. The van der Waals surface area contributed by atoms with Crippen LogP contribution in [0.15, 0.2) is 39.8 Å². The third kappa shape index (κ3) is 3.05. The van der Waals surface area contributed by atoms with Crippen LogP contribution in [0.4, 0.5) is 0 Å². The first-order valence-electron chi connectivity index (χ1n) is 8.07. The van der Waals surface area contributed by atoms with E-state index >= 15 is 0 Å². The first-order chi connectivity index (χ1) is 11.0. The number of nitrogens with zero attached hydrogens (tertiary/aromatic N) is 2. The number of hydrogen-bond acceptors (Lipinski definition) is 4. The molecule has 1 aromatic heterocycles. The van der Waals surface area contributed by atoms with Gasteiger partial charge in [-0.1, -0.05) is 30.3 Å². The van der Waals surface area contributed by atoms with E-state index in [2.05, 4.69) is 12.1 Å². The van der Waals surface area contributed by atoms with E-state index in [0.717, 1.165) is 42.7 Å². The van der Waals surface area contributed by atoms with E-state index in [-0.39, 0.29) is 6.04 Å². The summed E-state index contributed by atoms with van der Waals surface area (Å²) in [4.78, 5) is 0.379. The first kappa shape index (κ1) is 16.2. The number of hydrogen-bond donors (Lipinski definition) is 0. The Morgan fingerprint density at radius 3 is 2.87 bits per heavy atom. The molecule has 1 fully saturated rings. The fraction of sp³-hybridized carbons (Fsp3) is 0.471. The zero-order chi connectivity index (χ0) is 16.4. The van der Waals surface area contributed by atoms with Gasteiger partial charge in [-0.3, -0.25) is 0 Å². The van der Waals surface area contributed by atoms with Crippen molar-refractivity contribution in [3.63, 3.8) is 0 Å². The van der Waals surface area contributed by atoms with Gasteiger partial charge in [-0.15, -0.1) is 0 Å². The van der Waals surface area contributed by atoms with Crippen LogP contribution in [-0.4, -0.2) is 24.4 Å². The van der Waals surface area contributed by atoms with Crippen molar-refractivity contribution in [2.45, 2.75) is 50.5 Å². The van der Waals surface area contributed by atoms with Crippen LogP contribution in [0.3, 0.4) is 0 Å². The minimum atomic E-state index is -3.52.